The van der Waals surface area contributed by atoms with Crippen LogP contribution in [-0.2, 0) is 10.9 Å². The number of urea groups is 1. The zero-order chi connectivity index (χ0) is 24.8. The molecule has 13 heteroatoms. The highest BCUT2D eigenvalue weighted by Gasteiger charge is 2.48. The molecule has 2 aliphatic rings. The maximum Gasteiger partial charge on any atom is 0.418 e. The van der Waals surface area contributed by atoms with E-state index in [9.17, 15) is 26.7 Å². The van der Waals surface area contributed by atoms with E-state index in [1.54, 1.807) is 0 Å². The molecular weight excluding hydrogens is 477 g/mol. The van der Waals surface area contributed by atoms with Gasteiger partial charge in [0.05, 0.1) is 23.2 Å². The number of carbonyl (C=O) groups is 1. The second-order valence-electron chi connectivity index (χ2n) is 8.48. The number of carbonyl (C=O) groups excluding carboxylic acids is 1. The van der Waals surface area contributed by atoms with Crippen LogP contribution < -0.4 is 15.4 Å². The number of likely N-dealkylation sites (tertiary alicyclic amines) is 1. The molecule has 3 aromatic rings. The van der Waals surface area contributed by atoms with Crippen LogP contribution in [0.15, 0.2) is 30.6 Å². The van der Waals surface area contributed by atoms with Crippen molar-refractivity contribution in [3.05, 3.63) is 47.8 Å². The van der Waals surface area contributed by atoms with Crippen molar-refractivity contribution in [2.75, 3.05) is 38.1 Å². The largest absolute Gasteiger partial charge is 0.450 e. The van der Waals surface area contributed by atoms with E-state index >= 15 is 0 Å². The van der Waals surface area contributed by atoms with Crippen molar-refractivity contribution in [3.8, 4) is 11.5 Å². The Kier molecular flexibility index (Phi) is 5.75. The van der Waals surface area contributed by atoms with Crippen molar-refractivity contribution >= 4 is 22.8 Å². The maximum atomic E-state index is 14.6. The van der Waals surface area contributed by atoms with Crippen molar-refractivity contribution in [3.63, 3.8) is 0 Å². The smallest absolute Gasteiger partial charge is 0.418 e. The van der Waals surface area contributed by atoms with Gasteiger partial charge in [-0.3, -0.25) is 4.90 Å². The molecule has 2 saturated heterocycles. The van der Waals surface area contributed by atoms with Gasteiger partial charge in [-0.1, -0.05) is 0 Å². The minimum Gasteiger partial charge on any atom is -0.450 e. The number of amides is 2. The molecule has 8 nitrogen and oxygen atoms in total. The lowest BCUT2D eigenvalue weighted by Crippen LogP contribution is -2.68. The third kappa shape index (κ3) is 4.60. The van der Waals surface area contributed by atoms with E-state index < -0.39 is 46.3 Å². The summed E-state index contributed by atoms with van der Waals surface area (Å²) in [5.41, 5.74) is -1.44. The summed E-state index contributed by atoms with van der Waals surface area (Å²) < 4.78 is 79.9. The minimum absolute atomic E-state index is 0.0153. The number of nitrogens with one attached hydrogen (secondary N) is 3. The molecule has 0 bridgehead atoms. The maximum absolute atomic E-state index is 14.6. The van der Waals surface area contributed by atoms with Gasteiger partial charge in [0, 0.05) is 62.8 Å². The van der Waals surface area contributed by atoms with E-state index in [2.05, 4.69) is 25.5 Å². The zero-order valence-corrected chi connectivity index (χ0v) is 18.1. The summed E-state index contributed by atoms with van der Waals surface area (Å²) in [6.07, 6.45) is -1.86. The van der Waals surface area contributed by atoms with Crippen molar-refractivity contribution in [1.29, 1.82) is 0 Å². The van der Waals surface area contributed by atoms with Crippen LogP contribution in [0.1, 0.15) is 12.0 Å². The number of hydrogen-bond donors (Lipinski definition) is 3. The van der Waals surface area contributed by atoms with Crippen molar-refractivity contribution < 1.29 is 36.2 Å². The first-order chi connectivity index (χ1) is 16.6. The number of aromatic nitrogens is 2. The van der Waals surface area contributed by atoms with Crippen LogP contribution in [0.3, 0.4) is 0 Å². The lowest BCUT2D eigenvalue weighted by Gasteiger charge is -2.55. The quantitative estimate of drug-likeness (QED) is 0.443. The normalized spacial score (nSPS) is 17.2. The molecule has 0 aliphatic carbocycles. The molecule has 2 amide bonds. The number of H-pyrrole nitrogens is 1. The molecule has 0 unspecified atom stereocenters. The second-order valence-corrected chi connectivity index (χ2v) is 8.48. The molecule has 2 aromatic heterocycles. The molecule has 2 fully saturated rings. The van der Waals surface area contributed by atoms with E-state index in [-0.39, 0.29) is 16.9 Å². The Hall–Kier alpha value is -3.45. The number of ether oxygens (including phenoxy) is 2. The first-order valence-corrected chi connectivity index (χ1v) is 10.7. The number of anilines is 1. The Morgan fingerprint density at radius 3 is 2.60 bits per heavy atom. The van der Waals surface area contributed by atoms with Gasteiger partial charge >= 0.3 is 12.2 Å². The Morgan fingerprint density at radius 2 is 1.97 bits per heavy atom. The predicted octanol–water partition coefficient (Wildman–Crippen LogP) is 4.25. The third-order valence-corrected chi connectivity index (χ3v) is 6.01. The number of halogens is 5. The summed E-state index contributed by atoms with van der Waals surface area (Å²) in [5.74, 6) is -3.76. The van der Waals surface area contributed by atoms with E-state index in [1.807, 2.05) is 0 Å². The first-order valence-electron chi connectivity index (χ1n) is 10.7. The Balaban J connectivity index is 1.23. The van der Waals surface area contributed by atoms with E-state index in [1.165, 1.54) is 0 Å². The summed E-state index contributed by atoms with van der Waals surface area (Å²) in [5, 5.41) is 4.46. The van der Waals surface area contributed by atoms with Crippen molar-refractivity contribution in [1.82, 2.24) is 20.2 Å². The molecule has 1 spiro atoms. The lowest BCUT2D eigenvalue weighted by molar-refractivity contribution is -0.220. The summed E-state index contributed by atoms with van der Waals surface area (Å²) in [6, 6.07) is 2.03. The van der Waals surface area contributed by atoms with Gasteiger partial charge in [-0.05, 0) is 6.07 Å². The molecule has 0 atom stereocenters. The zero-order valence-electron chi connectivity index (χ0n) is 18.1. The van der Waals surface area contributed by atoms with Crippen molar-refractivity contribution in [2.24, 2.45) is 0 Å². The fourth-order valence-electron chi connectivity index (χ4n) is 4.24. The first kappa shape index (κ1) is 23.3. The van der Waals surface area contributed by atoms with Gasteiger partial charge in [-0.25, -0.2) is 18.6 Å². The number of hydrogen-bond acceptors (Lipinski definition) is 5. The SMILES string of the molecule is O=C(NCCN1CC2(CCO2)C1)Nc1cc(F)c(Oc2ccnc3[nH]cc(C(F)(F)F)c23)c(F)c1. The Morgan fingerprint density at radius 1 is 1.26 bits per heavy atom. The van der Waals surface area contributed by atoms with Gasteiger partial charge in [0.15, 0.2) is 17.4 Å². The van der Waals surface area contributed by atoms with Gasteiger partial charge in [-0.2, -0.15) is 13.2 Å². The summed E-state index contributed by atoms with van der Waals surface area (Å²) in [4.78, 5) is 20.3. The number of alkyl halides is 3. The van der Waals surface area contributed by atoms with Crippen LogP contribution in [0, 0.1) is 11.6 Å². The van der Waals surface area contributed by atoms with Crippen LogP contribution in [0.4, 0.5) is 32.4 Å². The van der Waals surface area contributed by atoms with Crippen LogP contribution >= 0.6 is 0 Å². The molecule has 0 saturated carbocycles. The predicted molar refractivity (Wildman–Crippen MR) is 114 cm³/mol. The third-order valence-electron chi connectivity index (χ3n) is 6.01. The number of nitrogens with zero attached hydrogens (tertiary/aromatic N) is 2. The number of benzene rings is 1. The molecule has 0 radical (unpaired) electrons. The number of rotatable bonds is 6. The van der Waals surface area contributed by atoms with Crippen molar-refractivity contribution in [2.45, 2.75) is 18.2 Å². The molecule has 4 heterocycles. The molecular formula is C22H20F5N5O3. The monoisotopic (exact) mass is 497 g/mol. The number of aromatic amines is 1. The van der Waals surface area contributed by atoms with Gasteiger partial charge < -0.3 is 25.1 Å². The highest BCUT2D eigenvalue weighted by atomic mass is 19.4. The summed E-state index contributed by atoms with van der Waals surface area (Å²) >= 11 is 0. The Bertz CT molecular complexity index is 1240. The highest BCUT2D eigenvalue weighted by Crippen LogP contribution is 2.41. The van der Waals surface area contributed by atoms with E-state index in [0.717, 1.165) is 50.5 Å². The van der Waals surface area contributed by atoms with E-state index in [0.29, 0.717) is 19.3 Å². The average Bonchev–Trinajstić information content (AvgIpc) is 3.16. The molecule has 35 heavy (non-hydrogen) atoms. The second kappa shape index (κ2) is 8.64. The van der Waals surface area contributed by atoms with Gasteiger partial charge in [-0.15, -0.1) is 0 Å². The summed E-state index contributed by atoms with van der Waals surface area (Å²) in [7, 11) is 0. The van der Waals surface area contributed by atoms with Crippen LogP contribution in [0.2, 0.25) is 0 Å². The molecule has 3 N–H and O–H groups in total. The van der Waals surface area contributed by atoms with Crippen LogP contribution in [0.5, 0.6) is 11.5 Å². The van der Waals surface area contributed by atoms with Gasteiger partial charge in [0.25, 0.3) is 0 Å². The number of fused-ring (bicyclic) bond motifs is 1. The fraction of sp³-hybridized carbons (Fsp3) is 0.364. The van der Waals surface area contributed by atoms with Crippen LogP contribution in [-0.4, -0.2) is 59.3 Å². The van der Waals surface area contributed by atoms with E-state index in [4.69, 9.17) is 9.47 Å². The number of pyridine rings is 1. The molecule has 186 valence electrons. The van der Waals surface area contributed by atoms with Crippen LogP contribution in [0.25, 0.3) is 11.0 Å². The molecule has 5 rings (SSSR count). The minimum atomic E-state index is -4.74. The molecule has 2 aliphatic heterocycles. The Labute approximate surface area is 195 Å². The summed E-state index contributed by atoms with van der Waals surface area (Å²) in [6.45, 7) is 3.33. The molecule has 1 aromatic carbocycles. The van der Waals surface area contributed by atoms with Gasteiger partial charge in [0.2, 0.25) is 0 Å². The highest BCUT2D eigenvalue weighted by molar-refractivity contribution is 5.89. The average molecular weight is 497 g/mol. The van der Waals surface area contributed by atoms with Gasteiger partial charge in [0.1, 0.15) is 11.4 Å². The fourth-order valence-corrected chi connectivity index (χ4v) is 4.24. The topological polar surface area (TPSA) is 91.5 Å². The lowest BCUT2D eigenvalue weighted by atomic mass is 9.86. The standard InChI is InChI=1S/C22H20F5N5O3/c23-14-7-12(31-20(33)29-4-5-32-10-21(11-32)2-6-34-21)8-15(24)18(14)35-16-1-3-28-19-17(16)13(9-30-19)22(25,26)27/h1,3,7-9H,2,4-6,10-11H2,(H,28,30)(H2,29,31,33).